The third-order valence-electron chi connectivity index (χ3n) is 4.87. The van der Waals surface area contributed by atoms with Gasteiger partial charge in [0.05, 0.1) is 9.80 Å². The first kappa shape index (κ1) is 18.5. The second kappa shape index (κ2) is 8.42. The van der Waals surface area contributed by atoms with Crippen LogP contribution < -0.4 is 5.32 Å². The van der Waals surface area contributed by atoms with Gasteiger partial charge in [-0.15, -0.1) is 0 Å². The summed E-state index contributed by atoms with van der Waals surface area (Å²) >= 11 is 0.898. The highest BCUT2D eigenvalue weighted by atomic mass is 32.1. The monoisotopic (exact) mass is 373 g/mol. The lowest BCUT2D eigenvalue weighted by atomic mass is 10.0. The summed E-state index contributed by atoms with van der Waals surface area (Å²) in [6.45, 7) is 4.69. The quantitative estimate of drug-likeness (QED) is 0.614. The van der Waals surface area contributed by atoms with Gasteiger partial charge in [0.25, 0.3) is 5.91 Å². The molecule has 0 bridgehead atoms. The van der Waals surface area contributed by atoms with E-state index in [0.29, 0.717) is 17.5 Å². The van der Waals surface area contributed by atoms with Crippen LogP contribution in [0, 0.1) is 10.1 Å². The van der Waals surface area contributed by atoms with E-state index in [4.69, 9.17) is 0 Å². The third-order valence-corrected chi connectivity index (χ3v) is 5.90. The maximum atomic E-state index is 12.3. The fourth-order valence-corrected chi connectivity index (χ4v) is 4.04. The summed E-state index contributed by atoms with van der Waals surface area (Å²) in [7, 11) is 0. The molecule has 1 aromatic carbocycles. The number of nitrogens with zero attached hydrogens (tertiary/aromatic N) is 2. The Hall–Kier alpha value is -2.25. The van der Waals surface area contributed by atoms with Crippen molar-refractivity contribution in [2.45, 2.75) is 45.3 Å². The lowest BCUT2D eigenvalue weighted by Crippen LogP contribution is -2.37. The highest BCUT2D eigenvalue weighted by Crippen LogP contribution is 2.24. The highest BCUT2D eigenvalue weighted by Gasteiger charge is 2.19. The Kier molecular flexibility index (Phi) is 6.00. The molecule has 0 saturated carbocycles. The number of carbonyl (C=O) groups excluding carboxylic acids is 1. The number of nitrogens with one attached hydrogen (secondary N) is 1. The predicted molar refractivity (Wildman–Crippen MR) is 102 cm³/mol. The number of piperidine rings is 1. The predicted octanol–water partition coefficient (Wildman–Crippen LogP) is 3.96. The van der Waals surface area contributed by atoms with E-state index in [0.717, 1.165) is 30.0 Å². The molecule has 7 heteroatoms. The molecule has 1 amide bonds. The van der Waals surface area contributed by atoms with Crippen molar-refractivity contribution < 1.29 is 9.72 Å². The lowest BCUT2D eigenvalue weighted by Gasteiger charge is -2.33. The second-order valence-corrected chi connectivity index (χ2v) is 7.72. The van der Waals surface area contributed by atoms with Crippen LogP contribution in [0.4, 0.5) is 5.00 Å². The average molecular weight is 373 g/mol. The molecule has 26 heavy (non-hydrogen) atoms. The number of nitro groups is 1. The molecule has 1 aliphatic heterocycles. The Labute approximate surface area is 157 Å². The Morgan fingerprint density at radius 1 is 1.27 bits per heavy atom. The van der Waals surface area contributed by atoms with Crippen LogP contribution in [0.15, 0.2) is 36.4 Å². The minimum Gasteiger partial charge on any atom is -0.347 e. The summed E-state index contributed by atoms with van der Waals surface area (Å²) in [5.41, 5.74) is 2.31. The molecule has 0 spiro atoms. The summed E-state index contributed by atoms with van der Waals surface area (Å²) < 4.78 is 0. The van der Waals surface area contributed by atoms with Crippen LogP contribution in [0.25, 0.3) is 0 Å². The summed E-state index contributed by atoms with van der Waals surface area (Å²) in [5, 5.41) is 13.6. The minimum absolute atomic E-state index is 0.0189. The van der Waals surface area contributed by atoms with Crippen LogP contribution in [-0.4, -0.2) is 28.3 Å². The molecule has 138 valence electrons. The van der Waals surface area contributed by atoms with Crippen molar-refractivity contribution >= 4 is 22.2 Å². The van der Waals surface area contributed by atoms with E-state index in [9.17, 15) is 14.9 Å². The summed E-state index contributed by atoms with van der Waals surface area (Å²) in [5.74, 6) is -0.274. The molecule has 6 nitrogen and oxygen atoms in total. The smallest absolute Gasteiger partial charge is 0.324 e. The first-order valence-corrected chi connectivity index (χ1v) is 9.69. The zero-order valence-electron chi connectivity index (χ0n) is 14.8. The van der Waals surface area contributed by atoms with Gasteiger partial charge in [-0.1, -0.05) is 42.0 Å². The van der Waals surface area contributed by atoms with Crippen LogP contribution in [0.2, 0.25) is 0 Å². The number of benzene rings is 1. The zero-order valence-corrected chi connectivity index (χ0v) is 15.6. The fourth-order valence-electron chi connectivity index (χ4n) is 3.31. The van der Waals surface area contributed by atoms with Crippen molar-refractivity contribution in [2.75, 3.05) is 6.54 Å². The van der Waals surface area contributed by atoms with Gasteiger partial charge in [-0.3, -0.25) is 19.8 Å². The van der Waals surface area contributed by atoms with E-state index in [1.807, 2.05) is 18.2 Å². The van der Waals surface area contributed by atoms with Crippen molar-refractivity contribution in [3.63, 3.8) is 0 Å². The molecular formula is C19H23N3O3S. The number of hydrogen-bond acceptors (Lipinski definition) is 5. The van der Waals surface area contributed by atoms with Gasteiger partial charge in [-0.2, -0.15) is 0 Å². The molecule has 1 unspecified atom stereocenters. The number of rotatable bonds is 6. The van der Waals surface area contributed by atoms with Gasteiger partial charge >= 0.3 is 5.00 Å². The van der Waals surface area contributed by atoms with Gasteiger partial charge in [0.15, 0.2) is 0 Å². The molecule has 1 N–H and O–H groups in total. The third kappa shape index (κ3) is 4.47. The normalized spacial score (nSPS) is 17.8. The van der Waals surface area contributed by atoms with Gasteiger partial charge in [-0.05, 0) is 43.5 Å². The molecule has 2 heterocycles. The largest absolute Gasteiger partial charge is 0.347 e. The van der Waals surface area contributed by atoms with Crippen LogP contribution in [-0.2, 0) is 13.1 Å². The fraction of sp³-hybridized carbons (Fsp3) is 0.421. The maximum Gasteiger partial charge on any atom is 0.324 e. The van der Waals surface area contributed by atoms with E-state index in [1.54, 1.807) is 0 Å². The van der Waals surface area contributed by atoms with Crippen molar-refractivity contribution in [3.8, 4) is 0 Å². The van der Waals surface area contributed by atoms with Crippen molar-refractivity contribution in [1.82, 2.24) is 10.2 Å². The van der Waals surface area contributed by atoms with Crippen molar-refractivity contribution in [2.24, 2.45) is 0 Å². The van der Waals surface area contributed by atoms with Crippen LogP contribution in [0.5, 0.6) is 0 Å². The average Bonchev–Trinajstić information content (AvgIpc) is 3.13. The highest BCUT2D eigenvalue weighted by molar-refractivity contribution is 7.17. The molecule has 1 aliphatic rings. The van der Waals surface area contributed by atoms with Gasteiger partial charge in [-0.25, -0.2) is 0 Å². The number of thiophene rings is 1. The molecule has 1 saturated heterocycles. The number of amides is 1. The zero-order chi connectivity index (χ0) is 18.5. The molecule has 1 aromatic heterocycles. The van der Waals surface area contributed by atoms with E-state index in [1.165, 1.54) is 37.0 Å². The lowest BCUT2D eigenvalue weighted by molar-refractivity contribution is -0.380. The Balaban J connectivity index is 1.64. The van der Waals surface area contributed by atoms with E-state index >= 15 is 0 Å². The van der Waals surface area contributed by atoms with Crippen LogP contribution in [0.1, 0.15) is 47.0 Å². The maximum absolute atomic E-state index is 12.3. The van der Waals surface area contributed by atoms with E-state index in [2.05, 4.69) is 23.2 Å². The molecule has 3 rings (SSSR count). The number of likely N-dealkylation sites (tertiary alicyclic amines) is 1. The SMILES string of the molecule is CC1CCCCN1Cc1ccccc1CNC(=O)c1ccc([N+](=O)[O-])s1. The number of hydrogen-bond donors (Lipinski definition) is 1. The molecule has 1 atom stereocenters. The summed E-state index contributed by atoms with van der Waals surface area (Å²) in [6, 6.07) is 11.6. The Bertz CT molecular complexity index is 790. The first-order valence-electron chi connectivity index (χ1n) is 8.88. The van der Waals surface area contributed by atoms with E-state index < -0.39 is 4.92 Å². The standard InChI is InChI=1S/C19H23N3O3S/c1-14-6-4-5-11-21(14)13-16-8-3-2-7-15(16)12-20-19(23)17-9-10-18(26-17)22(24)25/h2-3,7-10,14H,4-6,11-13H2,1H3,(H,20,23). The van der Waals surface area contributed by atoms with Gasteiger partial charge in [0, 0.05) is 25.2 Å². The van der Waals surface area contributed by atoms with Gasteiger partial charge < -0.3 is 5.32 Å². The topological polar surface area (TPSA) is 75.5 Å². The second-order valence-electron chi connectivity index (χ2n) is 6.66. The van der Waals surface area contributed by atoms with Crippen LogP contribution >= 0.6 is 11.3 Å². The summed E-state index contributed by atoms with van der Waals surface area (Å²) in [4.78, 5) is 25.4. The molecule has 0 aliphatic carbocycles. The molecular weight excluding hydrogens is 350 g/mol. The molecule has 1 fully saturated rings. The molecule has 2 aromatic rings. The van der Waals surface area contributed by atoms with Crippen molar-refractivity contribution in [3.05, 3.63) is 62.5 Å². The van der Waals surface area contributed by atoms with Gasteiger partial charge in [0.2, 0.25) is 0 Å². The molecule has 0 radical (unpaired) electrons. The Morgan fingerprint density at radius 2 is 2.04 bits per heavy atom. The Morgan fingerprint density at radius 3 is 2.73 bits per heavy atom. The van der Waals surface area contributed by atoms with Crippen molar-refractivity contribution in [1.29, 1.82) is 0 Å². The van der Waals surface area contributed by atoms with E-state index in [-0.39, 0.29) is 10.9 Å². The number of carbonyl (C=O) groups is 1. The van der Waals surface area contributed by atoms with Crippen LogP contribution in [0.3, 0.4) is 0 Å². The summed E-state index contributed by atoms with van der Waals surface area (Å²) in [6.07, 6.45) is 3.76. The van der Waals surface area contributed by atoms with Gasteiger partial charge in [0.1, 0.15) is 0 Å². The minimum atomic E-state index is -0.476. The first-order chi connectivity index (χ1) is 12.5.